The summed E-state index contributed by atoms with van der Waals surface area (Å²) in [6.45, 7) is 1.86. The number of aliphatic hydroxyl groups excluding tert-OH is 1. The highest BCUT2D eigenvalue weighted by Gasteiger charge is 2.30. The van der Waals surface area contributed by atoms with Crippen molar-refractivity contribution in [2.75, 3.05) is 23.7 Å². The van der Waals surface area contributed by atoms with Crippen molar-refractivity contribution in [3.05, 3.63) is 101 Å². The van der Waals surface area contributed by atoms with E-state index >= 15 is 0 Å². The SMILES string of the molecule is CCCS(=O)(=O)N(C)c1cccc(C(=O)N[C@@H](Cc2ccccc2)[C@H](O)CNCc2cccc(C(F)(F)F)c2)c1. The van der Waals surface area contributed by atoms with Crippen molar-refractivity contribution < 1.29 is 31.5 Å². The van der Waals surface area contributed by atoms with Gasteiger partial charge in [0.25, 0.3) is 5.91 Å². The highest BCUT2D eigenvalue weighted by Crippen LogP contribution is 2.29. The molecule has 0 saturated heterocycles. The number of alkyl halides is 3. The third kappa shape index (κ3) is 8.80. The number of nitrogens with one attached hydrogen (secondary N) is 2. The molecule has 2 atom stereocenters. The Hall–Kier alpha value is -3.41. The third-order valence-electron chi connectivity index (χ3n) is 6.37. The largest absolute Gasteiger partial charge is 0.416 e. The van der Waals surface area contributed by atoms with E-state index in [1.54, 1.807) is 31.2 Å². The molecule has 0 radical (unpaired) electrons. The molecular weight excluding hydrogens is 543 g/mol. The average molecular weight is 578 g/mol. The molecule has 1 amide bonds. The number of amides is 1. The fourth-order valence-electron chi connectivity index (χ4n) is 4.17. The molecule has 0 fully saturated rings. The molecule has 0 aliphatic heterocycles. The summed E-state index contributed by atoms with van der Waals surface area (Å²) in [4.78, 5) is 13.2. The van der Waals surface area contributed by atoms with Crippen LogP contribution in [-0.2, 0) is 29.2 Å². The molecule has 11 heteroatoms. The van der Waals surface area contributed by atoms with Crippen LogP contribution in [0.2, 0.25) is 0 Å². The number of sulfonamides is 1. The maximum Gasteiger partial charge on any atom is 0.416 e. The molecule has 0 aromatic heterocycles. The Morgan fingerprint density at radius 3 is 2.33 bits per heavy atom. The molecule has 0 heterocycles. The van der Waals surface area contributed by atoms with Crippen molar-refractivity contribution in [3.63, 3.8) is 0 Å². The van der Waals surface area contributed by atoms with E-state index < -0.39 is 39.8 Å². The van der Waals surface area contributed by atoms with Crippen molar-refractivity contribution >= 4 is 21.6 Å². The van der Waals surface area contributed by atoms with E-state index in [2.05, 4.69) is 10.6 Å². The number of halogens is 3. The highest BCUT2D eigenvalue weighted by molar-refractivity contribution is 7.92. The first kappa shape index (κ1) is 31.1. The Kier molecular flexibility index (Phi) is 10.7. The van der Waals surface area contributed by atoms with Gasteiger partial charge in [0.1, 0.15) is 0 Å². The molecule has 0 spiro atoms. The minimum absolute atomic E-state index is 0.00602. The van der Waals surface area contributed by atoms with Gasteiger partial charge in [-0.2, -0.15) is 13.2 Å². The lowest BCUT2D eigenvalue weighted by atomic mass is 10.00. The molecule has 0 unspecified atom stereocenters. The Morgan fingerprint density at radius 2 is 1.65 bits per heavy atom. The van der Waals surface area contributed by atoms with E-state index in [1.165, 1.54) is 19.2 Å². The van der Waals surface area contributed by atoms with E-state index in [-0.39, 0.29) is 24.4 Å². The number of hydrogen-bond donors (Lipinski definition) is 3. The molecule has 0 aliphatic carbocycles. The highest BCUT2D eigenvalue weighted by atomic mass is 32.2. The fourth-order valence-corrected chi connectivity index (χ4v) is 5.39. The predicted octanol–water partition coefficient (Wildman–Crippen LogP) is 4.37. The van der Waals surface area contributed by atoms with Crippen LogP contribution in [0.15, 0.2) is 78.9 Å². The van der Waals surface area contributed by atoms with Crippen LogP contribution in [0, 0.1) is 0 Å². The van der Waals surface area contributed by atoms with Crippen molar-refractivity contribution in [1.82, 2.24) is 10.6 Å². The van der Waals surface area contributed by atoms with E-state index in [0.717, 1.165) is 22.0 Å². The van der Waals surface area contributed by atoms with Gasteiger partial charge in [0.2, 0.25) is 10.0 Å². The quantitative estimate of drug-likeness (QED) is 0.280. The summed E-state index contributed by atoms with van der Waals surface area (Å²) in [5.74, 6) is -0.528. The summed E-state index contributed by atoms with van der Waals surface area (Å²) in [6.07, 6.45) is -4.78. The van der Waals surface area contributed by atoms with Gasteiger partial charge in [-0.25, -0.2) is 8.42 Å². The first-order valence-corrected chi connectivity index (χ1v) is 14.5. The minimum atomic E-state index is -4.45. The van der Waals surface area contributed by atoms with Gasteiger partial charge in [0.05, 0.1) is 29.1 Å². The van der Waals surface area contributed by atoms with Crippen molar-refractivity contribution in [2.24, 2.45) is 0 Å². The fraction of sp³-hybridized carbons (Fsp3) is 0.345. The summed E-state index contributed by atoms with van der Waals surface area (Å²) < 4.78 is 65.2. The smallest absolute Gasteiger partial charge is 0.390 e. The van der Waals surface area contributed by atoms with Gasteiger partial charge in [0, 0.05) is 25.7 Å². The lowest BCUT2D eigenvalue weighted by molar-refractivity contribution is -0.137. The molecule has 0 aliphatic rings. The maximum absolute atomic E-state index is 13.2. The van der Waals surface area contributed by atoms with Crippen molar-refractivity contribution in [2.45, 2.75) is 44.6 Å². The molecule has 0 bridgehead atoms. The molecular formula is C29H34F3N3O4S. The summed E-state index contributed by atoms with van der Waals surface area (Å²) >= 11 is 0. The normalized spacial score (nSPS) is 13.4. The maximum atomic E-state index is 13.2. The molecule has 40 heavy (non-hydrogen) atoms. The molecule has 3 aromatic rings. The van der Waals surface area contributed by atoms with Crippen LogP contribution >= 0.6 is 0 Å². The van der Waals surface area contributed by atoms with Crippen molar-refractivity contribution in [1.29, 1.82) is 0 Å². The second-order valence-corrected chi connectivity index (χ2v) is 11.6. The van der Waals surface area contributed by atoms with Crippen molar-refractivity contribution in [3.8, 4) is 0 Å². The number of anilines is 1. The lowest BCUT2D eigenvalue weighted by Gasteiger charge is -2.25. The second kappa shape index (κ2) is 13.8. The number of rotatable bonds is 13. The zero-order valence-electron chi connectivity index (χ0n) is 22.4. The second-order valence-electron chi connectivity index (χ2n) is 9.50. The first-order chi connectivity index (χ1) is 18.9. The number of nitrogens with zero attached hydrogens (tertiary/aromatic N) is 1. The van der Waals surface area contributed by atoms with E-state index in [0.29, 0.717) is 24.1 Å². The first-order valence-electron chi connectivity index (χ1n) is 12.9. The zero-order chi connectivity index (χ0) is 29.3. The molecule has 3 aromatic carbocycles. The summed E-state index contributed by atoms with van der Waals surface area (Å²) in [5, 5.41) is 16.8. The number of aliphatic hydroxyl groups is 1. The van der Waals surface area contributed by atoms with Gasteiger partial charge < -0.3 is 15.7 Å². The van der Waals surface area contributed by atoms with Gasteiger partial charge in [-0.1, -0.05) is 61.5 Å². The Bertz CT molecular complexity index is 1370. The molecule has 7 nitrogen and oxygen atoms in total. The Labute approximate surface area is 233 Å². The van der Waals surface area contributed by atoms with Gasteiger partial charge in [-0.15, -0.1) is 0 Å². The van der Waals surface area contributed by atoms with E-state index in [9.17, 15) is 31.5 Å². The Balaban J connectivity index is 1.73. The topological polar surface area (TPSA) is 98.7 Å². The van der Waals surface area contributed by atoms with Gasteiger partial charge in [-0.05, 0) is 48.2 Å². The number of hydrogen-bond acceptors (Lipinski definition) is 5. The van der Waals surface area contributed by atoms with Crippen LogP contribution < -0.4 is 14.9 Å². The summed E-state index contributed by atoms with van der Waals surface area (Å²) in [6, 6.07) is 19.6. The average Bonchev–Trinajstić information content (AvgIpc) is 2.92. The summed E-state index contributed by atoms with van der Waals surface area (Å²) in [5.41, 5.74) is 1.08. The van der Waals surface area contributed by atoms with Crippen LogP contribution in [0.5, 0.6) is 0 Å². The lowest BCUT2D eigenvalue weighted by Crippen LogP contribution is -2.48. The number of carbonyl (C=O) groups excluding carboxylic acids is 1. The third-order valence-corrected chi connectivity index (χ3v) is 8.34. The van der Waals surface area contributed by atoms with Gasteiger partial charge >= 0.3 is 6.18 Å². The molecule has 3 rings (SSSR count). The van der Waals surface area contributed by atoms with Gasteiger partial charge in [-0.3, -0.25) is 9.10 Å². The molecule has 216 valence electrons. The van der Waals surface area contributed by atoms with E-state index in [4.69, 9.17) is 0 Å². The molecule has 0 saturated carbocycles. The number of benzene rings is 3. The van der Waals surface area contributed by atoms with Crippen LogP contribution in [0.25, 0.3) is 0 Å². The number of carbonyl (C=O) groups is 1. The Morgan fingerprint density at radius 1 is 0.975 bits per heavy atom. The van der Waals surface area contributed by atoms with Crippen LogP contribution in [0.4, 0.5) is 18.9 Å². The van der Waals surface area contributed by atoms with Crippen LogP contribution in [-0.4, -0.2) is 50.9 Å². The predicted molar refractivity (Wildman–Crippen MR) is 149 cm³/mol. The van der Waals surface area contributed by atoms with Crippen LogP contribution in [0.3, 0.4) is 0 Å². The van der Waals surface area contributed by atoms with Crippen LogP contribution in [0.1, 0.15) is 40.4 Å². The summed E-state index contributed by atoms with van der Waals surface area (Å²) in [7, 11) is -2.11. The van der Waals surface area contributed by atoms with E-state index in [1.807, 2.05) is 30.3 Å². The minimum Gasteiger partial charge on any atom is -0.390 e. The molecule has 3 N–H and O–H groups in total. The zero-order valence-corrected chi connectivity index (χ0v) is 23.2. The standard InChI is InChI=1S/C29H34F3N3O4S/c1-3-15-40(38,39)35(2)25-14-8-12-23(18-25)28(37)34-26(17-21-9-5-4-6-10-21)27(36)20-33-19-22-11-7-13-24(16-22)29(30,31)32/h4-14,16,18,26-27,33,36H,3,15,17,19-20H2,1-2H3,(H,34,37)/t26-,27+/m0/s1. The monoisotopic (exact) mass is 577 g/mol. The van der Waals surface area contributed by atoms with Gasteiger partial charge in [0.15, 0.2) is 0 Å².